The van der Waals surface area contributed by atoms with E-state index in [2.05, 4.69) is 24.1 Å². The zero-order valence-electron chi connectivity index (χ0n) is 11.4. The van der Waals surface area contributed by atoms with Crippen LogP contribution in [-0.2, 0) is 9.53 Å². The van der Waals surface area contributed by atoms with Gasteiger partial charge in [-0.15, -0.1) is 0 Å². The Morgan fingerprint density at radius 1 is 1.47 bits per heavy atom. The minimum absolute atomic E-state index is 0.0553. The van der Waals surface area contributed by atoms with E-state index in [9.17, 15) is 4.79 Å². The topological polar surface area (TPSA) is 67.6 Å². The van der Waals surface area contributed by atoms with Gasteiger partial charge in [-0.1, -0.05) is 13.8 Å². The van der Waals surface area contributed by atoms with Gasteiger partial charge in [0, 0.05) is 20.2 Å². The van der Waals surface area contributed by atoms with Crippen LogP contribution in [-0.4, -0.2) is 57.2 Å². The van der Waals surface area contributed by atoms with E-state index in [0.29, 0.717) is 32.2 Å². The van der Waals surface area contributed by atoms with E-state index in [0.717, 1.165) is 19.5 Å². The molecule has 5 heteroatoms. The van der Waals surface area contributed by atoms with Gasteiger partial charge in [-0.25, -0.2) is 0 Å². The Morgan fingerprint density at radius 3 is 2.71 bits per heavy atom. The molecule has 102 valence electrons. The van der Waals surface area contributed by atoms with Crippen molar-refractivity contribution in [2.45, 2.75) is 20.3 Å². The summed E-state index contributed by atoms with van der Waals surface area (Å²) in [5.74, 6) is 0.610. The predicted octanol–water partition coefficient (Wildman–Crippen LogP) is 0.0558. The highest BCUT2D eigenvalue weighted by Gasteiger charge is 2.11. The van der Waals surface area contributed by atoms with Crippen LogP contribution in [0.3, 0.4) is 0 Å². The van der Waals surface area contributed by atoms with E-state index < -0.39 is 0 Å². The number of nitrogens with one attached hydrogen (secondary N) is 1. The summed E-state index contributed by atoms with van der Waals surface area (Å²) in [5.41, 5.74) is 5.49. The minimum atomic E-state index is 0.0553. The van der Waals surface area contributed by atoms with E-state index >= 15 is 0 Å². The number of hydrogen-bond acceptors (Lipinski definition) is 4. The van der Waals surface area contributed by atoms with E-state index in [4.69, 9.17) is 10.5 Å². The Bertz CT molecular complexity index is 198. The van der Waals surface area contributed by atoms with Gasteiger partial charge >= 0.3 is 0 Å². The minimum Gasteiger partial charge on any atom is -0.383 e. The lowest BCUT2D eigenvalue weighted by atomic mass is 10.2. The second kappa shape index (κ2) is 10.5. The highest BCUT2D eigenvalue weighted by molar-refractivity contribution is 5.77. The van der Waals surface area contributed by atoms with Crippen LogP contribution in [0.15, 0.2) is 0 Å². The molecule has 0 aliphatic carbocycles. The van der Waals surface area contributed by atoms with E-state index in [1.165, 1.54) is 0 Å². The molecular formula is C12H27N3O2. The molecule has 3 N–H and O–H groups in total. The smallest absolute Gasteiger partial charge is 0.234 e. The number of hydrogen-bond donors (Lipinski definition) is 2. The van der Waals surface area contributed by atoms with Crippen LogP contribution in [0.2, 0.25) is 0 Å². The third-order valence-electron chi connectivity index (χ3n) is 2.30. The highest BCUT2D eigenvalue weighted by atomic mass is 16.5. The number of carbonyl (C=O) groups is 1. The average Bonchev–Trinajstić information content (AvgIpc) is 2.25. The lowest BCUT2D eigenvalue weighted by molar-refractivity contribution is -0.122. The van der Waals surface area contributed by atoms with Crippen molar-refractivity contribution in [2.75, 3.05) is 46.4 Å². The first-order valence-corrected chi connectivity index (χ1v) is 6.28. The molecule has 0 unspecified atom stereocenters. The summed E-state index contributed by atoms with van der Waals surface area (Å²) in [6.07, 6.45) is 0.929. The first kappa shape index (κ1) is 16.4. The number of rotatable bonds is 10. The molecule has 0 saturated heterocycles. The quantitative estimate of drug-likeness (QED) is 0.534. The van der Waals surface area contributed by atoms with E-state index in [-0.39, 0.29) is 5.91 Å². The van der Waals surface area contributed by atoms with Gasteiger partial charge in [-0.05, 0) is 25.4 Å². The molecule has 0 aromatic heterocycles. The fraction of sp³-hybridized carbons (Fsp3) is 0.917. The molecule has 0 radical (unpaired) electrons. The van der Waals surface area contributed by atoms with Crippen molar-refractivity contribution >= 4 is 5.91 Å². The number of ether oxygens (including phenoxy) is 1. The predicted molar refractivity (Wildman–Crippen MR) is 69.8 cm³/mol. The fourth-order valence-corrected chi connectivity index (χ4v) is 1.62. The Kier molecular flexibility index (Phi) is 10.1. The number of nitrogens with zero attached hydrogens (tertiary/aromatic N) is 1. The molecule has 0 spiro atoms. The molecule has 0 aliphatic rings. The van der Waals surface area contributed by atoms with Crippen molar-refractivity contribution in [3.05, 3.63) is 0 Å². The molecule has 0 atom stereocenters. The van der Waals surface area contributed by atoms with Crippen LogP contribution in [0.5, 0.6) is 0 Å². The van der Waals surface area contributed by atoms with Gasteiger partial charge < -0.3 is 15.8 Å². The molecule has 0 bridgehead atoms. The summed E-state index contributed by atoms with van der Waals surface area (Å²) in [6, 6.07) is 0. The molecule has 0 aromatic rings. The summed E-state index contributed by atoms with van der Waals surface area (Å²) < 4.78 is 4.88. The number of carbonyl (C=O) groups excluding carboxylic acids is 1. The Morgan fingerprint density at radius 2 is 2.18 bits per heavy atom. The average molecular weight is 245 g/mol. The second-order valence-corrected chi connectivity index (χ2v) is 4.61. The van der Waals surface area contributed by atoms with Crippen molar-refractivity contribution in [3.8, 4) is 0 Å². The first-order valence-electron chi connectivity index (χ1n) is 6.28. The SMILES string of the molecule is COCCNC(=O)CN(CCCN)CC(C)C. The Balaban J connectivity index is 3.90. The van der Waals surface area contributed by atoms with Gasteiger partial charge in [-0.2, -0.15) is 0 Å². The third-order valence-corrected chi connectivity index (χ3v) is 2.30. The first-order chi connectivity index (χ1) is 8.10. The normalized spacial score (nSPS) is 11.2. The van der Waals surface area contributed by atoms with E-state index in [1.54, 1.807) is 7.11 Å². The van der Waals surface area contributed by atoms with Crippen molar-refractivity contribution in [2.24, 2.45) is 11.7 Å². The summed E-state index contributed by atoms with van der Waals surface area (Å²) >= 11 is 0. The zero-order chi connectivity index (χ0) is 13.1. The zero-order valence-corrected chi connectivity index (χ0v) is 11.4. The maximum Gasteiger partial charge on any atom is 0.234 e. The number of methoxy groups -OCH3 is 1. The van der Waals surface area contributed by atoms with Gasteiger partial charge in [0.2, 0.25) is 5.91 Å². The molecule has 0 saturated carbocycles. The monoisotopic (exact) mass is 245 g/mol. The summed E-state index contributed by atoms with van der Waals surface area (Å²) in [5, 5.41) is 2.83. The number of amides is 1. The van der Waals surface area contributed by atoms with Crippen molar-refractivity contribution in [3.63, 3.8) is 0 Å². The van der Waals surface area contributed by atoms with Crippen LogP contribution in [0.1, 0.15) is 20.3 Å². The molecule has 5 nitrogen and oxygen atoms in total. The van der Waals surface area contributed by atoms with Crippen molar-refractivity contribution in [1.29, 1.82) is 0 Å². The Labute approximate surface area is 105 Å². The van der Waals surface area contributed by atoms with Crippen LogP contribution in [0.4, 0.5) is 0 Å². The molecule has 0 rings (SSSR count). The highest BCUT2D eigenvalue weighted by Crippen LogP contribution is 1.99. The fourth-order valence-electron chi connectivity index (χ4n) is 1.62. The molecule has 0 heterocycles. The van der Waals surface area contributed by atoms with Crippen LogP contribution in [0.25, 0.3) is 0 Å². The summed E-state index contributed by atoms with van der Waals surface area (Å²) in [4.78, 5) is 13.8. The van der Waals surface area contributed by atoms with Crippen LogP contribution >= 0.6 is 0 Å². The largest absolute Gasteiger partial charge is 0.383 e. The molecule has 0 aromatic carbocycles. The molecular weight excluding hydrogens is 218 g/mol. The second-order valence-electron chi connectivity index (χ2n) is 4.61. The summed E-state index contributed by atoms with van der Waals surface area (Å²) in [7, 11) is 1.62. The van der Waals surface area contributed by atoms with Crippen molar-refractivity contribution in [1.82, 2.24) is 10.2 Å². The van der Waals surface area contributed by atoms with Gasteiger partial charge in [0.25, 0.3) is 0 Å². The summed E-state index contributed by atoms with van der Waals surface area (Å²) in [6.45, 7) is 8.35. The Hall–Kier alpha value is -0.650. The van der Waals surface area contributed by atoms with Crippen LogP contribution in [0, 0.1) is 5.92 Å². The molecule has 17 heavy (non-hydrogen) atoms. The standard InChI is InChI=1S/C12H27N3O2/c1-11(2)9-15(7-4-5-13)10-12(16)14-6-8-17-3/h11H,4-10,13H2,1-3H3,(H,14,16). The maximum atomic E-state index is 11.6. The number of nitrogens with two attached hydrogens (primary N) is 1. The molecule has 0 fully saturated rings. The van der Waals surface area contributed by atoms with Crippen LogP contribution < -0.4 is 11.1 Å². The van der Waals surface area contributed by atoms with Gasteiger partial charge in [0.05, 0.1) is 13.2 Å². The van der Waals surface area contributed by atoms with Crippen molar-refractivity contribution < 1.29 is 9.53 Å². The molecule has 1 amide bonds. The van der Waals surface area contributed by atoms with Gasteiger partial charge in [0.1, 0.15) is 0 Å². The molecule has 0 aliphatic heterocycles. The van der Waals surface area contributed by atoms with Gasteiger partial charge in [0.15, 0.2) is 0 Å². The lowest BCUT2D eigenvalue weighted by Crippen LogP contribution is -2.40. The van der Waals surface area contributed by atoms with Gasteiger partial charge in [-0.3, -0.25) is 9.69 Å². The van der Waals surface area contributed by atoms with E-state index in [1.807, 2.05) is 0 Å². The maximum absolute atomic E-state index is 11.6. The third kappa shape index (κ3) is 10.2. The lowest BCUT2D eigenvalue weighted by Gasteiger charge is -2.23.